The Labute approximate surface area is 91.7 Å². The van der Waals surface area contributed by atoms with Crippen LogP contribution in [0.4, 0.5) is 13.2 Å². The molecule has 16 heavy (non-hydrogen) atoms. The molecular weight excluding hydrogens is 221 g/mol. The molecule has 0 saturated carbocycles. The molecule has 2 nitrogen and oxygen atoms in total. The van der Waals surface area contributed by atoms with Gasteiger partial charge in [-0.15, -0.1) is 0 Å². The first-order chi connectivity index (χ1) is 7.09. The highest BCUT2D eigenvalue weighted by molar-refractivity contribution is 5.41. The van der Waals surface area contributed by atoms with Crippen molar-refractivity contribution in [2.45, 2.75) is 32.5 Å². The van der Waals surface area contributed by atoms with E-state index in [1.165, 1.54) is 6.07 Å². The monoisotopic (exact) mass is 234 g/mol. The largest absolute Gasteiger partial charge is 0.507 e. The number of halogens is 3. The lowest BCUT2D eigenvalue weighted by Crippen LogP contribution is -2.23. The summed E-state index contributed by atoms with van der Waals surface area (Å²) in [6, 6.07) is 3.07. The zero-order valence-electron chi connectivity index (χ0n) is 9.22. The van der Waals surface area contributed by atoms with Crippen molar-refractivity contribution in [1.29, 1.82) is 0 Å². The van der Waals surface area contributed by atoms with E-state index in [1.54, 1.807) is 20.8 Å². The summed E-state index contributed by atoms with van der Waals surface area (Å²) >= 11 is 0. The Kier molecular flexibility index (Phi) is 3.08. The molecule has 0 aliphatic rings. The molecule has 1 aromatic carbocycles. The van der Waals surface area contributed by atoms with Crippen LogP contribution in [0.15, 0.2) is 18.2 Å². The molecule has 1 rings (SSSR count). The molecule has 0 aliphatic heterocycles. The molecule has 0 heterocycles. The molecule has 1 aromatic rings. The maximum atomic E-state index is 12.4. The average Bonchev–Trinajstić information content (AvgIpc) is 2.04. The third kappa shape index (κ3) is 3.32. The van der Waals surface area contributed by atoms with E-state index in [0.717, 1.165) is 12.1 Å². The van der Waals surface area contributed by atoms with Crippen molar-refractivity contribution in [3.8, 4) is 11.5 Å². The second kappa shape index (κ2) is 3.88. The van der Waals surface area contributed by atoms with E-state index in [4.69, 9.17) is 9.84 Å². The van der Waals surface area contributed by atoms with Crippen molar-refractivity contribution in [1.82, 2.24) is 0 Å². The zero-order chi connectivity index (χ0) is 12.6. The summed E-state index contributed by atoms with van der Waals surface area (Å²) < 4.78 is 42.6. The summed E-state index contributed by atoms with van der Waals surface area (Å²) in [5, 5.41) is 9.09. The number of phenolic OH excluding ortho intramolecular Hbond substituents is 1. The molecule has 0 aliphatic carbocycles. The van der Waals surface area contributed by atoms with Gasteiger partial charge in [-0.05, 0) is 39.0 Å². The fourth-order valence-electron chi connectivity index (χ4n) is 1.16. The van der Waals surface area contributed by atoms with Crippen LogP contribution in [0, 0.1) is 0 Å². The Bertz CT molecular complexity index is 378. The van der Waals surface area contributed by atoms with Crippen LogP contribution in [-0.4, -0.2) is 10.7 Å². The topological polar surface area (TPSA) is 29.5 Å². The fourth-order valence-corrected chi connectivity index (χ4v) is 1.16. The highest BCUT2D eigenvalue weighted by Gasteiger charge is 2.34. The van der Waals surface area contributed by atoms with Crippen LogP contribution < -0.4 is 4.74 Å². The van der Waals surface area contributed by atoms with Crippen LogP contribution >= 0.6 is 0 Å². The number of hydrogen-bond acceptors (Lipinski definition) is 2. The summed E-state index contributed by atoms with van der Waals surface area (Å²) in [6.45, 7) is 5.19. The SMILES string of the molecule is CC(C)(C)Oc1ccc(O)c(C(F)(F)F)c1. The molecule has 0 bridgehead atoms. The first-order valence-electron chi connectivity index (χ1n) is 4.69. The van der Waals surface area contributed by atoms with Gasteiger partial charge in [0.25, 0.3) is 0 Å². The summed E-state index contributed by atoms with van der Waals surface area (Å²) in [5.74, 6) is -0.716. The van der Waals surface area contributed by atoms with Gasteiger partial charge in [-0.25, -0.2) is 0 Å². The molecule has 0 saturated heterocycles. The van der Waals surface area contributed by atoms with Gasteiger partial charge < -0.3 is 9.84 Å². The lowest BCUT2D eigenvalue weighted by Gasteiger charge is -2.22. The highest BCUT2D eigenvalue weighted by atomic mass is 19.4. The molecule has 0 fully saturated rings. The number of hydrogen-bond donors (Lipinski definition) is 1. The summed E-state index contributed by atoms with van der Waals surface area (Å²) in [5.41, 5.74) is -1.67. The van der Waals surface area contributed by atoms with Gasteiger partial charge in [0.15, 0.2) is 0 Å². The maximum absolute atomic E-state index is 12.4. The van der Waals surface area contributed by atoms with Crippen LogP contribution in [0.3, 0.4) is 0 Å². The van der Waals surface area contributed by atoms with E-state index in [2.05, 4.69) is 0 Å². The minimum atomic E-state index is -4.58. The van der Waals surface area contributed by atoms with Gasteiger partial charge in [-0.3, -0.25) is 0 Å². The van der Waals surface area contributed by atoms with Crippen molar-refractivity contribution in [3.05, 3.63) is 23.8 Å². The molecule has 0 aromatic heterocycles. The van der Waals surface area contributed by atoms with Crippen LogP contribution in [-0.2, 0) is 6.18 Å². The van der Waals surface area contributed by atoms with Gasteiger partial charge >= 0.3 is 6.18 Å². The smallest absolute Gasteiger partial charge is 0.420 e. The Morgan fingerprint density at radius 2 is 1.69 bits per heavy atom. The number of aromatic hydroxyl groups is 1. The molecule has 0 radical (unpaired) electrons. The summed E-state index contributed by atoms with van der Waals surface area (Å²) in [7, 11) is 0. The molecule has 0 atom stereocenters. The van der Waals surface area contributed by atoms with Gasteiger partial charge in [-0.2, -0.15) is 13.2 Å². The van der Waals surface area contributed by atoms with Gasteiger partial charge in [0.05, 0.1) is 0 Å². The molecule has 5 heteroatoms. The first-order valence-corrected chi connectivity index (χ1v) is 4.69. The van der Waals surface area contributed by atoms with E-state index in [1.807, 2.05) is 0 Å². The Morgan fingerprint density at radius 3 is 2.12 bits per heavy atom. The number of alkyl halides is 3. The van der Waals surface area contributed by atoms with Gasteiger partial charge in [0.2, 0.25) is 0 Å². The van der Waals surface area contributed by atoms with Crippen LogP contribution in [0.1, 0.15) is 26.3 Å². The minimum absolute atomic E-state index is 0.0811. The van der Waals surface area contributed by atoms with Crippen LogP contribution in [0.2, 0.25) is 0 Å². The lowest BCUT2D eigenvalue weighted by molar-refractivity contribution is -0.138. The third-order valence-corrected chi connectivity index (χ3v) is 1.70. The second-order valence-electron chi connectivity index (χ2n) is 4.39. The summed E-state index contributed by atoms with van der Waals surface area (Å²) in [6.07, 6.45) is -4.58. The normalized spacial score (nSPS) is 12.6. The van der Waals surface area contributed by atoms with Crippen molar-refractivity contribution in [2.24, 2.45) is 0 Å². The van der Waals surface area contributed by atoms with E-state index in [0.29, 0.717) is 0 Å². The van der Waals surface area contributed by atoms with Gasteiger partial charge in [-0.1, -0.05) is 0 Å². The fraction of sp³-hybridized carbons (Fsp3) is 0.455. The predicted octanol–water partition coefficient (Wildman–Crippen LogP) is 3.59. The Hall–Kier alpha value is -1.39. The molecule has 1 N–H and O–H groups in total. The minimum Gasteiger partial charge on any atom is -0.507 e. The quantitative estimate of drug-likeness (QED) is 0.804. The molecule has 0 amide bonds. The van der Waals surface area contributed by atoms with E-state index >= 15 is 0 Å². The standard InChI is InChI=1S/C11H13F3O2/c1-10(2,3)16-7-4-5-9(15)8(6-7)11(12,13)14/h4-6,15H,1-3H3. The van der Waals surface area contributed by atoms with Crippen molar-refractivity contribution in [2.75, 3.05) is 0 Å². The number of ether oxygens (including phenoxy) is 1. The third-order valence-electron chi connectivity index (χ3n) is 1.70. The van der Waals surface area contributed by atoms with Crippen molar-refractivity contribution >= 4 is 0 Å². The Balaban J connectivity index is 3.09. The van der Waals surface area contributed by atoms with Gasteiger partial charge in [0.1, 0.15) is 22.7 Å². The highest BCUT2D eigenvalue weighted by Crippen LogP contribution is 2.38. The Morgan fingerprint density at radius 1 is 1.12 bits per heavy atom. The van der Waals surface area contributed by atoms with Crippen LogP contribution in [0.5, 0.6) is 11.5 Å². The van der Waals surface area contributed by atoms with Gasteiger partial charge in [0, 0.05) is 0 Å². The molecule has 0 spiro atoms. The van der Waals surface area contributed by atoms with Crippen LogP contribution in [0.25, 0.3) is 0 Å². The maximum Gasteiger partial charge on any atom is 0.420 e. The number of benzene rings is 1. The molecular formula is C11H13F3O2. The lowest BCUT2D eigenvalue weighted by atomic mass is 10.1. The molecule has 0 unspecified atom stereocenters. The van der Waals surface area contributed by atoms with E-state index in [9.17, 15) is 13.2 Å². The number of rotatable bonds is 1. The zero-order valence-corrected chi connectivity index (χ0v) is 9.22. The van der Waals surface area contributed by atoms with Crippen molar-refractivity contribution in [3.63, 3.8) is 0 Å². The predicted molar refractivity (Wildman–Crippen MR) is 53.5 cm³/mol. The number of phenols is 1. The summed E-state index contributed by atoms with van der Waals surface area (Å²) in [4.78, 5) is 0. The van der Waals surface area contributed by atoms with E-state index in [-0.39, 0.29) is 5.75 Å². The van der Waals surface area contributed by atoms with E-state index < -0.39 is 23.1 Å². The average molecular weight is 234 g/mol. The van der Waals surface area contributed by atoms with Crippen molar-refractivity contribution < 1.29 is 23.0 Å². The second-order valence-corrected chi connectivity index (χ2v) is 4.39. The first kappa shape index (κ1) is 12.7. The molecule has 90 valence electrons.